The van der Waals surface area contributed by atoms with Gasteiger partial charge in [-0.25, -0.2) is 0 Å². The molecule has 0 bridgehead atoms. The van der Waals surface area contributed by atoms with Crippen molar-refractivity contribution in [3.8, 4) is 5.75 Å². The van der Waals surface area contributed by atoms with Crippen molar-refractivity contribution in [2.75, 3.05) is 18.0 Å². The van der Waals surface area contributed by atoms with Crippen LogP contribution < -0.4 is 9.64 Å². The second-order valence-electron chi connectivity index (χ2n) is 7.13. The fourth-order valence-electron chi connectivity index (χ4n) is 3.91. The van der Waals surface area contributed by atoms with Gasteiger partial charge >= 0.3 is 6.18 Å². The molecule has 1 heterocycles. The highest BCUT2D eigenvalue weighted by Gasteiger charge is 2.30. The molecular weight excluding hydrogens is 339 g/mol. The Morgan fingerprint density at radius 2 is 1.58 bits per heavy atom. The Morgan fingerprint density at radius 1 is 0.885 bits per heavy atom. The molecule has 1 aliphatic carbocycles. The molecule has 0 aromatic heterocycles. The molecule has 0 unspecified atom stereocenters. The largest absolute Gasteiger partial charge is 0.490 e. The normalized spacial score (nSPS) is 18.0. The number of rotatable bonds is 3. The number of fused-ring (bicyclic) bond motifs is 1. The minimum atomic E-state index is -4.28. The van der Waals surface area contributed by atoms with Crippen molar-refractivity contribution in [1.29, 1.82) is 0 Å². The van der Waals surface area contributed by atoms with E-state index >= 15 is 0 Å². The van der Waals surface area contributed by atoms with Gasteiger partial charge in [0.25, 0.3) is 0 Å². The highest BCUT2D eigenvalue weighted by atomic mass is 19.4. The fraction of sp³-hybridized carbons (Fsp3) is 0.429. The predicted octanol–water partition coefficient (Wildman–Crippen LogP) is 5.24. The van der Waals surface area contributed by atoms with Crippen LogP contribution in [0.15, 0.2) is 42.5 Å². The molecule has 5 heteroatoms. The van der Waals surface area contributed by atoms with Crippen LogP contribution in [0.25, 0.3) is 0 Å². The van der Waals surface area contributed by atoms with Crippen LogP contribution in [0.1, 0.15) is 36.0 Å². The Labute approximate surface area is 151 Å². The molecule has 0 saturated carbocycles. The van der Waals surface area contributed by atoms with E-state index in [1.165, 1.54) is 24.0 Å². The van der Waals surface area contributed by atoms with Gasteiger partial charge in [-0.05, 0) is 66.8 Å². The summed E-state index contributed by atoms with van der Waals surface area (Å²) in [7, 11) is 0. The summed E-state index contributed by atoms with van der Waals surface area (Å²) in [5.41, 5.74) is 3.09. The summed E-state index contributed by atoms with van der Waals surface area (Å²) in [6.45, 7) is 1.59. The van der Waals surface area contributed by atoms with Crippen molar-refractivity contribution in [3.05, 3.63) is 59.2 Å². The van der Waals surface area contributed by atoms with Gasteiger partial charge < -0.3 is 9.64 Å². The van der Waals surface area contributed by atoms with Crippen LogP contribution in [-0.2, 0) is 19.0 Å². The quantitative estimate of drug-likeness (QED) is 0.741. The molecule has 138 valence electrons. The van der Waals surface area contributed by atoms with Crippen LogP contribution in [0.4, 0.5) is 18.9 Å². The molecule has 26 heavy (non-hydrogen) atoms. The van der Waals surface area contributed by atoms with Crippen molar-refractivity contribution in [3.63, 3.8) is 0 Å². The lowest BCUT2D eigenvalue weighted by atomic mass is 10.1. The molecule has 2 aromatic rings. The van der Waals surface area contributed by atoms with E-state index in [0.29, 0.717) is 0 Å². The molecule has 2 nitrogen and oxygen atoms in total. The van der Waals surface area contributed by atoms with Gasteiger partial charge in [0.2, 0.25) is 0 Å². The molecule has 0 N–H and O–H groups in total. The molecule has 2 aromatic carbocycles. The Balaban J connectivity index is 1.34. The van der Waals surface area contributed by atoms with Crippen LogP contribution in [0.3, 0.4) is 0 Å². The van der Waals surface area contributed by atoms with E-state index in [4.69, 9.17) is 4.74 Å². The van der Waals surface area contributed by atoms with Gasteiger partial charge in [-0.15, -0.1) is 0 Å². The van der Waals surface area contributed by atoms with Crippen LogP contribution in [0.5, 0.6) is 5.75 Å². The van der Waals surface area contributed by atoms with E-state index in [2.05, 4.69) is 23.1 Å². The third-order valence-corrected chi connectivity index (χ3v) is 5.37. The summed E-state index contributed by atoms with van der Waals surface area (Å²) in [5, 5.41) is 0. The maximum Gasteiger partial charge on any atom is 0.416 e. The monoisotopic (exact) mass is 361 g/mol. The summed E-state index contributed by atoms with van der Waals surface area (Å²) >= 11 is 0. The van der Waals surface area contributed by atoms with Gasteiger partial charge in [-0.3, -0.25) is 0 Å². The third-order valence-electron chi connectivity index (χ3n) is 5.37. The van der Waals surface area contributed by atoms with Crippen molar-refractivity contribution in [1.82, 2.24) is 0 Å². The van der Waals surface area contributed by atoms with Gasteiger partial charge in [-0.2, -0.15) is 13.2 Å². The Bertz CT molecular complexity index is 762. The van der Waals surface area contributed by atoms with Gasteiger partial charge in [0.15, 0.2) is 0 Å². The lowest BCUT2D eigenvalue weighted by molar-refractivity contribution is -0.137. The lowest BCUT2D eigenvalue weighted by Gasteiger charge is -2.34. The van der Waals surface area contributed by atoms with Crippen LogP contribution in [-0.4, -0.2) is 19.2 Å². The molecule has 1 saturated heterocycles. The molecule has 4 rings (SSSR count). The number of aryl methyl sites for hydroxylation is 2. The highest BCUT2D eigenvalue weighted by Crippen LogP contribution is 2.32. The lowest BCUT2D eigenvalue weighted by Crippen LogP contribution is -2.38. The number of piperidine rings is 1. The minimum absolute atomic E-state index is 0.167. The molecule has 0 spiro atoms. The number of nitrogens with zero attached hydrogens (tertiary/aromatic N) is 1. The molecule has 1 fully saturated rings. The first-order valence-electron chi connectivity index (χ1n) is 9.20. The second-order valence-corrected chi connectivity index (χ2v) is 7.13. The predicted molar refractivity (Wildman–Crippen MR) is 95.8 cm³/mol. The Kier molecular flexibility index (Phi) is 4.55. The summed E-state index contributed by atoms with van der Waals surface area (Å²) in [6, 6.07) is 11.8. The third kappa shape index (κ3) is 3.67. The number of hydrogen-bond acceptors (Lipinski definition) is 2. The Morgan fingerprint density at radius 3 is 2.27 bits per heavy atom. The summed E-state index contributed by atoms with van der Waals surface area (Å²) in [5.74, 6) is 0.943. The van der Waals surface area contributed by atoms with Crippen LogP contribution >= 0.6 is 0 Å². The average Bonchev–Trinajstić information content (AvgIpc) is 3.10. The molecule has 2 aliphatic rings. The van der Waals surface area contributed by atoms with E-state index in [9.17, 15) is 13.2 Å². The summed E-state index contributed by atoms with van der Waals surface area (Å²) < 4.78 is 44.2. The van der Waals surface area contributed by atoms with Crippen molar-refractivity contribution < 1.29 is 17.9 Å². The average molecular weight is 361 g/mol. The van der Waals surface area contributed by atoms with Gasteiger partial charge in [0.05, 0.1) is 5.56 Å². The molecule has 0 radical (unpaired) electrons. The zero-order chi connectivity index (χ0) is 18.1. The number of ether oxygens (including phenoxy) is 1. The van der Waals surface area contributed by atoms with Gasteiger partial charge in [-0.1, -0.05) is 6.07 Å². The topological polar surface area (TPSA) is 12.5 Å². The van der Waals surface area contributed by atoms with Crippen molar-refractivity contribution in [2.24, 2.45) is 0 Å². The number of hydrogen-bond donors (Lipinski definition) is 0. The number of halogens is 3. The van der Waals surface area contributed by atoms with E-state index in [1.807, 2.05) is 0 Å². The fourth-order valence-corrected chi connectivity index (χ4v) is 3.91. The zero-order valence-corrected chi connectivity index (χ0v) is 14.6. The molecule has 0 atom stereocenters. The van der Waals surface area contributed by atoms with E-state index in [0.717, 1.165) is 55.9 Å². The van der Waals surface area contributed by atoms with Crippen molar-refractivity contribution >= 4 is 5.69 Å². The maximum absolute atomic E-state index is 12.7. The van der Waals surface area contributed by atoms with E-state index in [1.54, 1.807) is 12.1 Å². The maximum atomic E-state index is 12.7. The number of anilines is 1. The van der Waals surface area contributed by atoms with Gasteiger partial charge in [0, 0.05) is 31.6 Å². The zero-order valence-electron chi connectivity index (χ0n) is 14.6. The SMILES string of the molecule is FC(F)(F)c1ccc(N2CCC(Oc3ccc4c(c3)CCC4)CC2)cc1. The summed E-state index contributed by atoms with van der Waals surface area (Å²) in [4.78, 5) is 2.13. The summed E-state index contributed by atoms with van der Waals surface area (Å²) in [6.07, 6.45) is 1.16. The first-order valence-corrected chi connectivity index (χ1v) is 9.20. The number of alkyl halides is 3. The van der Waals surface area contributed by atoms with Crippen LogP contribution in [0, 0.1) is 0 Å². The standard InChI is InChI=1S/C21H22F3NO/c22-21(23,24)17-5-7-18(8-6-17)25-12-10-19(11-13-25)26-20-9-4-15-2-1-3-16(15)14-20/h4-9,14,19H,1-3,10-13H2. The molecule has 0 amide bonds. The van der Waals surface area contributed by atoms with Crippen LogP contribution in [0.2, 0.25) is 0 Å². The van der Waals surface area contributed by atoms with E-state index < -0.39 is 11.7 Å². The highest BCUT2D eigenvalue weighted by molar-refractivity contribution is 5.48. The number of benzene rings is 2. The first kappa shape index (κ1) is 17.3. The smallest absolute Gasteiger partial charge is 0.416 e. The molecule has 1 aliphatic heterocycles. The van der Waals surface area contributed by atoms with E-state index in [-0.39, 0.29) is 6.10 Å². The Hall–Kier alpha value is -2.17. The first-order chi connectivity index (χ1) is 12.5. The second kappa shape index (κ2) is 6.86. The molecular formula is C21H22F3NO. The minimum Gasteiger partial charge on any atom is -0.490 e. The van der Waals surface area contributed by atoms with Crippen molar-refractivity contribution in [2.45, 2.75) is 44.4 Å². The van der Waals surface area contributed by atoms with Gasteiger partial charge in [0.1, 0.15) is 11.9 Å².